The van der Waals surface area contributed by atoms with E-state index in [0.29, 0.717) is 12.4 Å². The van der Waals surface area contributed by atoms with Crippen molar-refractivity contribution in [1.82, 2.24) is 0 Å². The fourth-order valence-electron chi connectivity index (χ4n) is 2.07. The predicted octanol–water partition coefficient (Wildman–Crippen LogP) is 2.14. The summed E-state index contributed by atoms with van der Waals surface area (Å²) in [6.07, 6.45) is 3.56. The Morgan fingerprint density at radius 1 is 1.39 bits per heavy atom. The first-order valence-corrected chi connectivity index (χ1v) is 6.35. The molecule has 1 aliphatic rings. The molecule has 0 saturated carbocycles. The zero-order valence-corrected chi connectivity index (χ0v) is 10.7. The number of hydrogen-bond acceptors (Lipinski definition) is 4. The average molecular weight is 252 g/mol. The van der Waals surface area contributed by atoms with Gasteiger partial charge >= 0.3 is 0 Å². The Morgan fingerprint density at radius 2 is 2.28 bits per heavy atom. The van der Waals surface area contributed by atoms with Gasteiger partial charge in [0.15, 0.2) is 0 Å². The van der Waals surface area contributed by atoms with E-state index in [1.54, 1.807) is 13.2 Å². The lowest BCUT2D eigenvalue weighted by Crippen LogP contribution is -2.26. The molecule has 1 atom stereocenters. The van der Waals surface area contributed by atoms with Gasteiger partial charge in [0.2, 0.25) is 0 Å². The largest absolute Gasteiger partial charge is 0.497 e. The van der Waals surface area contributed by atoms with E-state index in [-0.39, 0.29) is 12.7 Å². The minimum Gasteiger partial charge on any atom is -0.497 e. The Balaban J connectivity index is 1.95. The Morgan fingerprint density at radius 3 is 2.94 bits per heavy atom. The third-order valence-corrected chi connectivity index (χ3v) is 3.14. The Kier molecular flexibility index (Phi) is 4.84. The van der Waals surface area contributed by atoms with Crippen LogP contribution in [0.3, 0.4) is 0 Å². The maximum atomic E-state index is 9.31. The summed E-state index contributed by atoms with van der Waals surface area (Å²) < 4.78 is 16.4. The molecule has 1 fully saturated rings. The second kappa shape index (κ2) is 6.61. The molecule has 1 aromatic carbocycles. The lowest BCUT2D eigenvalue weighted by Gasteiger charge is -2.23. The van der Waals surface area contributed by atoms with Gasteiger partial charge in [0.1, 0.15) is 18.1 Å². The molecule has 4 nitrogen and oxygen atoms in total. The number of benzene rings is 1. The normalized spacial score (nSPS) is 19.6. The van der Waals surface area contributed by atoms with Crippen molar-refractivity contribution in [3.8, 4) is 11.5 Å². The summed E-state index contributed by atoms with van der Waals surface area (Å²) in [6, 6.07) is 5.44. The highest BCUT2D eigenvalue weighted by Crippen LogP contribution is 2.25. The zero-order valence-electron chi connectivity index (χ0n) is 10.7. The van der Waals surface area contributed by atoms with Gasteiger partial charge in [0.25, 0.3) is 0 Å². The molecule has 0 amide bonds. The van der Waals surface area contributed by atoms with Crippen LogP contribution in [0.25, 0.3) is 0 Å². The van der Waals surface area contributed by atoms with Crippen LogP contribution in [-0.4, -0.2) is 31.5 Å². The lowest BCUT2D eigenvalue weighted by molar-refractivity contribution is -0.0114. The van der Waals surface area contributed by atoms with Crippen LogP contribution in [0.4, 0.5) is 0 Å². The molecule has 1 aromatic rings. The second-order valence-electron chi connectivity index (χ2n) is 4.43. The van der Waals surface area contributed by atoms with Crippen molar-refractivity contribution >= 4 is 0 Å². The van der Waals surface area contributed by atoms with Gasteiger partial charge in [-0.25, -0.2) is 0 Å². The molecule has 1 aliphatic heterocycles. The molecule has 18 heavy (non-hydrogen) atoms. The summed E-state index contributed by atoms with van der Waals surface area (Å²) >= 11 is 0. The highest BCUT2D eigenvalue weighted by atomic mass is 16.5. The second-order valence-corrected chi connectivity index (χ2v) is 4.43. The van der Waals surface area contributed by atoms with Crippen molar-refractivity contribution in [3.63, 3.8) is 0 Å². The summed E-state index contributed by atoms with van der Waals surface area (Å²) in [4.78, 5) is 0. The van der Waals surface area contributed by atoms with Crippen LogP contribution in [0.1, 0.15) is 24.8 Å². The van der Waals surface area contributed by atoms with Gasteiger partial charge in [-0.3, -0.25) is 0 Å². The Labute approximate surface area is 107 Å². The van der Waals surface area contributed by atoms with Crippen LogP contribution in [0.2, 0.25) is 0 Å². The van der Waals surface area contributed by atoms with E-state index in [0.717, 1.165) is 30.8 Å². The fraction of sp³-hybridized carbons (Fsp3) is 0.571. The van der Waals surface area contributed by atoms with Gasteiger partial charge < -0.3 is 19.3 Å². The van der Waals surface area contributed by atoms with Gasteiger partial charge in [-0.1, -0.05) is 0 Å². The first-order valence-electron chi connectivity index (χ1n) is 6.35. The number of methoxy groups -OCH3 is 1. The van der Waals surface area contributed by atoms with E-state index >= 15 is 0 Å². The van der Waals surface area contributed by atoms with Crippen LogP contribution in [0.5, 0.6) is 11.5 Å². The fourth-order valence-corrected chi connectivity index (χ4v) is 2.07. The molecule has 0 aromatic heterocycles. The molecule has 0 aliphatic carbocycles. The SMILES string of the molecule is COc1ccc(OCC2CCCCO2)c(CO)c1. The predicted molar refractivity (Wildman–Crippen MR) is 68.0 cm³/mol. The monoisotopic (exact) mass is 252 g/mol. The van der Waals surface area contributed by atoms with Crippen LogP contribution >= 0.6 is 0 Å². The maximum absolute atomic E-state index is 9.31. The van der Waals surface area contributed by atoms with Crippen LogP contribution in [-0.2, 0) is 11.3 Å². The Bertz CT molecular complexity index is 372. The minimum absolute atomic E-state index is 0.0575. The molecule has 2 rings (SSSR count). The highest BCUT2D eigenvalue weighted by Gasteiger charge is 2.15. The lowest BCUT2D eigenvalue weighted by atomic mass is 10.1. The molecule has 0 radical (unpaired) electrons. The molecule has 1 N–H and O–H groups in total. The third kappa shape index (κ3) is 3.37. The number of ether oxygens (including phenoxy) is 3. The summed E-state index contributed by atoms with van der Waals surface area (Å²) in [5, 5.41) is 9.31. The van der Waals surface area contributed by atoms with E-state index in [9.17, 15) is 5.11 Å². The third-order valence-electron chi connectivity index (χ3n) is 3.14. The van der Waals surface area contributed by atoms with Crippen molar-refractivity contribution in [1.29, 1.82) is 0 Å². The van der Waals surface area contributed by atoms with Crippen LogP contribution in [0.15, 0.2) is 18.2 Å². The van der Waals surface area contributed by atoms with E-state index < -0.39 is 0 Å². The van der Waals surface area contributed by atoms with E-state index in [2.05, 4.69) is 0 Å². The smallest absolute Gasteiger partial charge is 0.125 e. The van der Waals surface area contributed by atoms with Crippen LogP contribution in [0, 0.1) is 0 Å². The van der Waals surface area contributed by atoms with Gasteiger partial charge in [0, 0.05) is 12.2 Å². The molecule has 1 heterocycles. The van der Waals surface area contributed by atoms with Crippen molar-refractivity contribution in [2.75, 3.05) is 20.3 Å². The maximum Gasteiger partial charge on any atom is 0.125 e. The van der Waals surface area contributed by atoms with E-state index in [4.69, 9.17) is 14.2 Å². The first-order chi connectivity index (χ1) is 8.83. The van der Waals surface area contributed by atoms with Crippen molar-refractivity contribution < 1.29 is 19.3 Å². The van der Waals surface area contributed by atoms with E-state index in [1.807, 2.05) is 12.1 Å². The highest BCUT2D eigenvalue weighted by molar-refractivity contribution is 5.39. The average Bonchev–Trinajstić information content (AvgIpc) is 2.46. The number of aliphatic hydroxyl groups is 1. The quantitative estimate of drug-likeness (QED) is 0.872. The van der Waals surface area contributed by atoms with Gasteiger partial charge in [0.05, 0.1) is 19.8 Å². The van der Waals surface area contributed by atoms with Gasteiger partial charge in [-0.2, -0.15) is 0 Å². The molecular formula is C14H20O4. The van der Waals surface area contributed by atoms with Gasteiger partial charge in [-0.05, 0) is 37.5 Å². The number of rotatable bonds is 5. The van der Waals surface area contributed by atoms with Crippen molar-refractivity contribution in [2.24, 2.45) is 0 Å². The summed E-state index contributed by atoms with van der Waals surface area (Å²) in [5.74, 6) is 1.42. The zero-order chi connectivity index (χ0) is 12.8. The summed E-state index contributed by atoms with van der Waals surface area (Å²) in [5.41, 5.74) is 0.741. The topological polar surface area (TPSA) is 47.9 Å². The summed E-state index contributed by atoms with van der Waals surface area (Å²) in [7, 11) is 1.60. The standard InChI is InChI=1S/C14H20O4/c1-16-12-5-6-14(11(8-12)9-15)18-10-13-4-2-3-7-17-13/h5-6,8,13,15H,2-4,7,9-10H2,1H3. The first kappa shape index (κ1) is 13.2. The van der Waals surface area contributed by atoms with Gasteiger partial charge in [-0.15, -0.1) is 0 Å². The molecule has 4 heteroatoms. The minimum atomic E-state index is -0.0575. The molecular weight excluding hydrogens is 232 g/mol. The van der Waals surface area contributed by atoms with Crippen LogP contribution < -0.4 is 9.47 Å². The summed E-state index contributed by atoms with van der Waals surface area (Å²) in [6.45, 7) is 1.31. The Hall–Kier alpha value is -1.26. The number of hydrogen-bond donors (Lipinski definition) is 1. The van der Waals surface area contributed by atoms with E-state index in [1.165, 1.54) is 6.42 Å². The van der Waals surface area contributed by atoms with Crippen molar-refractivity contribution in [3.05, 3.63) is 23.8 Å². The van der Waals surface area contributed by atoms with Crippen molar-refractivity contribution in [2.45, 2.75) is 32.0 Å². The molecule has 1 saturated heterocycles. The molecule has 100 valence electrons. The molecule has 0 spiro atoms. The number of aliphatic hydroxyl groups excluding tert-OH is 1. The molecule has 1 unspecified atom stereocenters. The molecule has 0 bridgehead atoms.